The third-order valence-electron chi connectivity index (χ3n) is 4.02. The van der Waals surface area contributed by atoms with Crippen LogP contribution in [0.4, 0.5) is 5.69 Å². The summed E-state index contributed by atoms with van der Waals surface area (Å²) in [5, 5.41) is 15.2. The van der Waals surface area contributed by atoms with Crippen molar-refractivity contribution in [2.45, 2.75) is 6.54 Å². The fourth-order valence-electron chi connectivity index (χ4n) is 2.71. The lowest BCUT2D eigenvalue weighted by Gasteiger charge is -2.10. The first-order chi connectivity index (χ1) is 12.9. The van der Waals surface area contributed by atoms with Crippen LogP contribution in [0.5, 0.6) is 0 Å². The molecular weight excluding hydrogens is 376 g/mol. The molecule has 2 amide bonds. The zero-order valence-electron chi connectivity index (χ0n) is 13.5. The molecule has 0 saturated carbocycles. The molecule has 1 aliphatic rings. The average molecular weight is 385 g/mol. The topological polar surface area (TPSA) is 119 Å². The molecule has 0 unspecified atom stereocenters. The van der Waals surface area contributed by atoms with Crippen molar-refractivity contribution in [1.82, 2.24) is 15.0 Å². The van der Waals surface area contributed by atoms with E-state index in [4.69, 9.17) is 16.1 Å². The molecule has 0 atom stereocenters. The highest BCUT2D eigenvalue weighted by atomic mass is 35.5. The summed E-state index contributed by atoms with van der Waals surface area (Å²) < 4.78 is 5.16. The summed E-state index contributed by atoms with van der Waals surface area (Å²) in [5.74, 6) is -0.864. The summed E-state index contributed by atoms with van der Waals surface area (Å²) in [4.78, 5) is 40.3. The number of aromatic nitrogens is 2. The molecular formula is C17H9ClN4O5. The van der Waals surface area contributed by atoms with E-state index >= 15 is 0 Å². The van der Waals surface area contributed by atoms with Crippen LogP contribution in [-0.4, -0.2) is 31.8 Å². The van der Waals surface area contributed by atoms with E-state index < -0.39 is 16.7 Å². The van der Waals surface area contributed by atoms with Crippen molar-refractivity contribution in [3.8, 4) is 11.5 Å². The van der Waals surface area contributed by atoms with Gasteiger partial charge in [-0.05, 0) is 30.3 Å². The number of carbonyl (C=O) groups excluding carboxylic acids is 2. The number of benzene rings is 2. The predicted octanol–water partition coefficient (Wildman–Crippen LogP) is 3.09. The Morgan fingerprint density at radius 1 is 1.07 bits per heavy atom. The van der Waals surface area contributed by atoms with Gasteiger partial charge in [0.15, 0.2) is 5.82 Å². The molecule has 9 nitrogen and oxygen atoms in total. The van der Waals surface area contributed by atoms with Gasteiger partial charge in [-0.1, -0.05) is 16.8 Å². The van der Waals surface area contributed by atoms with E-state index in [9.17, 15) is 19.7 Å². The highest BCUT2D eigenvalue weighted by molar-refractivity contribution is 6.30. The number of fused-ring (bicyclic) bond motifs is 1. The van der Waals surface area contributed by atoms with Crippen molar-refractivity contribution in [3.05, 3.63) is 74.6 Å². The average Bonchev–Trinajstić information content (AvgIpc) is 3.21. The highest BCUT2D eigenvalue weighted by Crippen LogP contribution is 2.28. The van der Waals surface area contributed by atoms with Crippen LogP contribution in [0.25, 0.3) is 11.5 Å². The fraction of sp³-hybridized carbons (Fsp3) is 0.0588. The van der Waals surface area contributed by atoms with Crippen LogP contribution in [-0.2, 0) is 6.54 Å². The SMILES string of the molecule is O=C1c2ccc([N+](=O)[O-])cc2C(=O)N1Cc1noc(-c2ccc(Cl)cc2)n1. The van der Waals surface area contributed by atoms with Crippen LogP contribution in [0.2, 0.25) is 5.02 Å². The number of nitro groups is 1. The van der Waals surface area contributed by atoms with Gasteiger partial charge in [0.1, 0.15) is 0 Å². The Hall–Kier alpha value is -3.59. The predicted molar refractivity (Wildman–Crippen MR) is 92.0 cm³/mol. The first kappa shape index (κ1) is 16.9. The van der Waals surface area contributed by atoms with Crippen molar-refractivity contribution in [3.63, 3.8) is 0 Å². The van der Waals surface area contributed by atoms with Gasteiger partial charge in [0.25, 0.3) is 23.4 Å². The van der Waals surface area contributed by atoms with Crippen LogP contribution >= 0.6 is 11.6 Å². The van der Waals surface area contributed by atoms with Crippen LogP contribution in [0.3, 0.4) is 0 Å². The third kappa shape index (κ3) is 2.93. The first-order valence-electron chi connectivity index (χ1n) is 7.67. The monoisotopic (exact) mass is 384 g/mol. The summed E-state index contributed by atoms with van der Waals surface area (Å²) in [7, 11) is 0. The lowest BCUT2D eigenvalue weighted by atomic mass is 10.1. The Bertz CT molecular complexity index is 1090. The molecule has 0 bridgehead atoms. The second-order valence-corrected chi connectivity index (χ2v) is 6.14. The Kier molecular flexibility index (Phi) is 3.93. The maximum absolute atomic E-state index is 12.5. The molecule has 0 saturated heterocycles. The zero-order valence-corrected chi connectivity index (χ0v) is 14.2. The van der Waals surface area contributed by atoms with Crippen molar-refractivity contribution < 1.29 is 19.0 Å². The summed E-state index contributed by atoms with van der Waals surface area (Å²) in [5.41, 5.74) is 0.458. The van der Waals surface area contributed by atoms with Crippen LogP contribution in [0.1, 0.15) is 26.5 Å². The maximum atomic E-state index is 12.5. The van der Waals surface area contributed by atoms with Gasteiger partial charge >= 0.3 is 0 Å². The number of rotatable bonds is 4. The molecule has 0 N–H and O–H groups in total. The molecule has 2 aromatic carbocycles. The number of hydrogen-bond acceptors (Lipinski definition) is 7. The standard InChI is InChI=1S/C17H9ClN4O5/c18-10-3-1-9(2-4-10)15-19-14(20-27-15)8-21-16(23)12-6-5-11(22(25)26)7-13(12)17(21)24/h1-7H,8H2. The van der Waals surface area contributed by atoms with Gasteiger partial charge in [-0.2, -0.15) is 4.98 Å². The van der Waals surface area contributed by atoms with Gasteiger partial charge in [0, 0.05) is 22.7 Å². The number of imide groups is 1. The number of non-ortho nitro benzene ring substituents is 1. The van der Waals surface area contributed by atoms with Crippen LogP contribution in [0, 0.1) is 10.1 Å². The van der Waals surface area contributed by atoms with E-state index in [1.165, 1.54) is 12.1 Å². The lowest BCUT2D eigenvalue weighted by Crippen LogP contribution is -2.29. The number of carbonyl (C=O) groups is 2. The van der Waals surface area contributed by atoms with Crippen molar-refractivity contribution >= 4 is 29.1 Å². The molecule has 27 heavy (non-hydrogen) atoms. The van der Waals surface area contributed by atoms with Crippen molar-refractivity contribution in [2.24, 2.45) is 0 Å². The molecule has 2 heterocycles. The molecule has 0 aliphatic carbocycles. The number of nitro benzene ring substituents is 1. The molecule has 0 fully saturated rings. The van der Waals surface area contributed by atoms with E-state index in [0.29, 0.717) is 10.6 Å². The molecule has 0 radical (unpaired) electrons. The smallest absolute Gasteiger partial charge is 0.270 e. The van der Waals surface area contributed by atoms with Crippen molar-refractivity contribution in [1.29, 1.82) is 0 Å². The Labute approximate surface area is 156 Å². The Morgan fingerprint density at radius 3 is 2.48 bits per heavy atom. The largest absolute Gasteiger partial charge is 0.334 e. The lowest BCUT2D eigenvalue weighted by molar-refractivity contribution is -0.384. The molecule has 10 heteroatoms. The highest BCUT2D eigenvalue weighted by Gasteiger charge is 2.37. The molecule has 4 rings (SSSR count). The molecule has 1 aromatic heterocycles. The van der Waals surface area contributed by atoms with Gasteiger partial charge in [-0.3, -0.25) is 24.6 Å². The Morgan fingerprint density at radius 2 is 1.78 bits per heavy atom. The minimum absolute atomic E-state index is 0.0179. The molecule has 0 spiro atoms. The van der Waals surface area contributed by atoms with Gasteiger partial charge in [0.05, 0.1) is 22.6 Å². The quantitative estimate of drug-likeness (QED) is 0.385. The van der Waals surface area contributed by atoms with E-state index in [2.05, 4.69) is 10.1 Å². The summed E-state index contributed by atoms with van der Waals surface area (Å²) in [6, 6.07) is 10.3. The van der Waals surface area contributed by atoms with Gasteiger partial charge in [-0.25, -0.2) is 0 Å². The molecule has 3 aromatic rings. The second-order valence-electron chi connectivity index (χ2n) is 5.71. The minimum Gasteiger partial charge on any atom is -0.334 e. The Balaban J connectivity index is 1.58. The van der Waals surface area contributed by atoms with Crippen molar-refractivity contribution in [2.75, 3.05) is 0 Å². The number of halogens is 1. The fourth-order valence-corrected chi connectivity index (χ4v) is 2.83. The summed E-state index contributed by atoms with van der Waals surface area (Å²) in [6.45, 7) is -0.211. The van der Waals surface area contributed by atoms with E-state index in [1.807, 2.05) is 0 Å². The van der Waals surface area contributed by atoms with Crippen LogP contribution in [0.15, 0.2) is 47.0 Å². The van der Waals surface area contributed by atoms with Gasteiger partial charge in [-0.15, -0.1) is 0 Å². The van der Waals surface area contributed by atoms with E-state index in [0.717, 1.165) is 11.0 Å². The third-order valence-corrected chi connectivity index (χ3v) is 4.28. The van der Waals surface area contributed by atoms with Gasteiger partial charge < -0.3 is 4.52 Å². The second kappa shape index (κ2) is 6.29. The summed E-state index contributed by atoms with van der Waals surface area (Å²) in [6.07, 6.45) is 0. The number of nitrogens with zero attached hydrogens (tertiary/aromatic N) is 4. The number of hydrogen-bond donors (Lipinski definition) is 0. The normalized spacial score (nSPS) is 13.1. The number of amides is 2. The summed E-state index contributed by atoms with van der Waals surface area (Å²) >= 11 is 5.83. The molecule has 1 aliphatic heterocycles. The minimum atomic E-state index is -0.642. The first-order valence-corrected chi connectivity index (χ1v) is 8.05. The zero-order chi connectivity index (χ0) is 19.1. The van der Waals surface area contributed by atoms with E-state index in [1.54, 1.807) is 24.3 Å². The van der Waals surface area contributed by atoms with Gasteiger partial charge in [0.2, 0.25) is 0 Å². The van der Waals surface area contributed by atoms with Crippen LogP contribution < -0.4 is 0 Å². The molecule has 134 valence electrons. The maximum Gasteiger partial charge on any atom is 0.270 e. The van der Waals surface area contributed by atoms with E-state index in [-0.39, 0.29) is 35.1 Å².